The van der Waals surface area contributed by atoms with Crippen molar-refractivity contribution in [2.75, 3.05) is 0 Å². The molecular formula is C20H32O. The van der Waals surface area contributed by atoms with E-state index in [1.54, 1.807) is 0 Å². The molecule has 4 aliphatic rings. The van der Waals surface area contributed by atoms with Crippen LogP contribution in [0.25, 0.3) is 0 Å². The van der Waals surface area contributed by atoms with Gasteiger partial charge >= 0.3 is 0 Å². The normalized spacial score (nSPS) is 59.2. The van der Waals surface area contributed by atoms with E-state index in [-0.39, 0.29) is 5.41 Å². The van der Waals surface area contributed by atoms with Crippen molar-refractivity contribution in [3.63, 3.8) is 0 Å². The van der Waals surface area contributed by atoms with E-state index in [1.165, 1.54) is 51.4 Å². The summed E-state index contributed by atoms with van der Waals surface area (Å²) in [5.74, 6) is 3.34. The summed E-state index contributed by atoms with van der Waals surface area (Å²) in [7, 11) is 0. The lowest BCUT2D eigenvalue weighted by Gasteiger charge is -2.61. The summed E-state index contributed by atoms with van der Waals surface area (Å²) in [6, 6.07) is 0. The van der Waals surface area contributed by atoms with Gasteiger partial charge in [-0.05, 0) is 74.5 Å². The van der Waals surface area contributed by atoms with Gasteiger partial charge in [-0.2, -0.15) is 0 Å². The molecule has 0 saturated heterocycles. The molecule has 1 N–H and O–H groups in total. The van der Waals surface area contributed by atoms with Crippen LogP contribution < -0.4 is 0 Å². The third-order valence-corrected chi connectivity index (χ3v) is 8.62. The number of aliphatic hydroxyl groups is 1. The SMILES string of the molecule is C[C@]12CCCC[C@@H]1CC[C@@H]1[C@@H]2CC[C@@]2(C)[C@H]1C=C[C@]2(C)O. The van der Waals surface area contributed by atoms with E-state index < -0.39 is 5.60 Å². The minimum absolute atomic E-state index is 0.0893. The largest absolute Gasteiger partial charge is 0.385 e. The predicted octanol–water partition coefficient (Wildman–Crippen LogP) is 4.95. The van der Waals surface area contributed by atoms with Crippen molar-refractivity contribution in [1.82, 2.24) is 0 Å². The zero-order chi connectivity index (χ0) is 14.9. The zero-order valence-electron chi connectivity index (χ0n) is 14.1. The van der Waals surface area contributed by atoms with E-state index in [9.17, 15) is 5.11 Å². The van der Waals surface area contributed by atoms with E-state index in [1.807, 2.05) is 6.92 Å². The van der Waals surface area contributed by atoms with E-state index in [4.69, 9.17) is 0 Å². The third-order valence-electron chi connectivity index (χ3n) is 8.62. The lowest BCUT2D eigenvalue weighted by molar-refractivity contribution is -0.137. The molecular weight excluding hydrogens is 256 g/mol. The highest BCUT2D eigenvalue weighted by Crippen LogP contribution is 2.66. The van der Waals surface area contributed by atoms with Crippen molar-refractivity contribution in [1.29, 1.82) is 0 Å². The summed E-state index contributed by atoms with van der Waals surface area (Å²) in [6.45, 7) is 7.01. The van der Waals surface area contributed by atoms with Gasteiger partial charge < -0.3 is 5.11 Å². The standard InChI is InChI=1S/C20H32O/c1-18-11-5-4-6-14(18)7-8-15-16(18)9-12-19(2)17(15)10-13-20(19,3)21/h10,13-17,21H,4-9,11-12H2,1-3H3/t14-,15-,16+,17+,18+,19+,20+/m1/s1. The maximum absolute atomic E-state index is 10.8. The molecule has 0 aromatic rings. The smallest absolute Gasteiger partial charge is 0.0858 e. The van der Waals surface area contributed by atoms with Gasteiger partial charge in [0.1, 0.15) is 0 Å². The van der Waals surface area contributed by atoms with Gasteiger partial charge in [0.2, 0.25) is 0 Å². The Labute approximate surface area is 130 Å². The summed E-state index contributed by atoms with van der Waals surface area (Å²) < 4.78 is 0. The molecule has 118 valence electrons. The van der Waals surface area contributed by atoms with Gasteiger partial charge in [-0.15, -0.1) is 0 Å². The molecule has 0 heterocycles. The van der Waals surface area contributed by atoms with Crippen molar-refractivity contribution >= 4 is 0 Å². The van der Waals surface area contributed by atoms with Gasteiger partial charge in [0, 0.05) is 5.41 Å². The molecule has 3 saturated carbocycles. The van der Waals surface area contributed by atoms with Crippen LogP contribution in [0.3, 0.4) is 0 Å². The lowest BCUT2D eigenvalue weighted by atomic mass is 9.44. The van der Waals surface area contributed by atoms with Crippen LogP contribution in [-0.2, 0) is 0 Å². The molecule has 4 aliphatic carbocycles. The first-order valence-corrected chi connectivity index (χ1v) is 9.30. The van der Waals surface area contributed by atoms with Crippen molar-refractivity contribution in [3.05, 3.63) is 12.2 Å². The van der Waals surface area contributed by atoms with Crippen LogP contribution >= 0.6 is 0 Å². The topological polar surface area (TPSA) is 20.2 Å². The summed E-state index contributed by atoms with van der Waals surface area (Å²) >= 11 is 0. The molecule has 1 nitrogen and oxygen atoms in total. The second-order valence-corrected chi connectivity index (χ2v) is 9.28. The third kappa shape index (κ3) is 1.73. The Balaban J connectivity index is 1.67. The van der Waals surface area contributed by atoms with Gasteiger partial charge in [0.05, 0.1) is 5.60 Å². The molecule has 0 bridgehead atoms. The van der Waals surface area contributed by atoms with Crippen LogP contribution in [0.5, 0.6) is 0 Å². The van der Waals surface area contributed by atoms with Crippen LogP contribution in [-0.4, -0.2) is 10.7 Å². The fourth-order valence-corrected chi connectivity index (χ4v) is 6.97. The molecule has 0 unspecified atom stereocenters. The average molecular weight is 288 g/mol. The highest BCUT2D eigenvalue weighted by atomic mass is 16.3. The molecule has 0 spiro atoms. The van der Waals surface area contributed by atoms with Crippen LogP contribution in [0.15, 0.2) is 12.2 Å². The monoisotopic (exact) mass is 288 g/mol. The Morgan fingerprint density at radius 1 is 0.952 bits per heavy atom. The Hall–Kier alpha value is -0.300. The number of allylic oxidation sites excluding steroid dienone is 1. The molecule has 21 heavy (non-hydrogen) atoms. The van der Waals surface area contributed by atoms with Gasteiger partial charge in [-0.1, -0.05) is 38.8 Å². The van der Waals surface area contributed by atoms with Crippen LogP contribution in [0.2, 0.25) is 0 Å². The number of hydrogen-bond donors (Lipinski definition) is 1. The molecule has 1 heteroatoms. The quantitative estimate of drug-likeness (QED) is 0.626. The highest BCUT2D eigenvalue weighted by molar-refractivity contribution is 5.24. The van der Waals surface area contributed by atoms with Crippen molar-refractivity contribution in [2.24, 2.45) is 34.5 Å². The first-order valence-electron chi connectivity index (χ1n) is 9.30. The average Bonchev–Trinajstić information content (AvgIpc) is 2.69. The van der Waals surface area contributed by atoms with Crippen LogP contribution in [0.1, 0.15) is 72.1 Å². The Bertz CT molecular complexity index is 464. The molecule has 0 radical (unpaired) electrons. The lowest BCUT2D eigenvalue weighted by Crippen LogP contribution is -2.55. The van der Waals surface area contributed by atoms with Crippen molar-refractivity contribution in [2.45, 2.75) is 77.7 Å². The van der Waals surface area contributed by atoms with E-state index in [0.29, 0.717) is 11.3 Å². The molecule has 0 aliphatic heterocycles. The van der Waals surface area contributed by atoms with Crippen LogP contribution in [0, 0.1) is 34.5 Å². The van der Waals surface area contributed by atoms with Gasteiger partial charge in [-0.3, -0.25) is 0 Å². The maximum atomic E-state index is 10.8. The second kappa shape index (κ2) is 4.37. The molecule has 4 rings (SSSR count). The van der Waals surface area contributed by atoms with E-state index in [2.05, 4.69) is 26.0 Å². The Kier molecular flexibility index (Phi) is 2.98. The Morgan fingerprint density at radius 2 is 1.76 bits per heavy atom. The molecule has 3 fully saturated rings. The van der Waals surface area contributed by atoms with Crippen molar-refractivity contribution < 1.29 is 5.11 Å². The van der Waals surface area contributed by atoms with Gasteiger partial charge in [-0.25, -0.2) is 0 Å². The fraction of sp³-hybridized carbons (Fsp3) is 0.900. The molecule has 0 aromatic heterocycles. The highest BCUT2D eigenvalue weighted by Gasteiger charge is 2.61. The van der Waals surface area contributed by atoms with E-state index >= 15 is 0 Å². The summed E-state index contributed by atoms with van der Waals surface area (Å²) in [5, 5.41) is 10.8. The molecule has 7 atom stereocenters. The first-order chi connectivity index (χ1) is 9.88. The number of fused-ring (bicyclic) bond motifs is 5. The number of hydrogen-bond acceptors (Lipinski definition) is 1. The number of rotatable bonds is 0. The fourth-order valence-electron chi connectivity index (χ4n) is 6.97. The Morgan fingerprint density at radius 3 is 2.57 bits per heavy atom. The summed E-state index contributed by atoms with van der Waals surface area (Å²) in [4.78, 5) is 0. The predicted molar refractivity (Wildman–Crippen MR) is 86.9 cm³/mol. The second-order valence-electron chi connectivity index (χ2n) is 9.28. The van der Waals surface area contributed by atoms with Gasteiger partial charge in [0.25, 0.3) is 0 Å². The molecule has 0 aromatic carbocycles. The first kappa shape index (κ1) is 14.3. The minimum atomic E-state index is -0.590. The van der Waals surface area contributed by atoms with Crippen molar-refractivity contribution in [3.8, 4) is 0 Å². The zero-order valence-corrected chi connectivity index (χ0v) is 14.1. The van der Waals surface area contributed by atoms with Crippen LogP contribution in [0.4, 0.5) is 0 Å². The van der Waals surface area contributed by atoms with E-state index in [0.717, 1.165) is 17.8 Å². The molecule has 0 amide bonds. The minimum Gasteiger partial charge on any atom is -0.385 e. The summed E-state index contributed by atoms with van der Waals surface area (Å²) in [6.07, 6.45) is 15.8. The summed E-state index contributed by atoms with van der Waals surface area (Å²) in [5.41, 5.74) is 0.101. The van der Waals surface area contributed by atoms with Gasteiger partial charge in [0.15, 0.2) is 0 Å². The maximum Gasteiger partial charge on any atom is 0.0858 e.